The summed E-state index contributed by atoms with van der Waals surface area (Å²) in [6, 6.07) is 7.68. The zero-order valence-corrected chi connectivity index (χ0v) is 15.9. The maximum Gasteiger partial charge on any atom is 0.126 e. The summed E-state index contributed by atoms with van der Waals surface area (Å²) in [5.41, 5.74) is -0.102. The Morgan fingerprint density at radius 3 is 2.88 bits per heavy atom. The number of fused-ring (bicyclic) bond motifs is 1. The molecule has 24 heavy (non-hydrogen) atoms. The molecule has 0 aliphatic carbocycles. The molecule has 1 fully saturated rings. The number of pyridine rings is 1. The van der Waals surface area contributed by atoms with Crippen molar-refractivity contribution in [1.82, 2.24) is 9.88 Å². The molecule has 1 aromatic heterocycles. The summed E-state index contributed by atoms with van der Waals surface area (Å²) in [5, 5.41) is 15.4. The van der Waals surface area contributed by atoms with Crippen molar-refractivity contribution in [2.45, 2.75) is 12.5 Å². The van der Waals surface area contributed by atoms with Gasteiger partial charge in [0.2, 0.25) is 0 Å². The minimum absolute atomic E-state index is 0.414. The van der Waals surface area contributed by atoms with Crippen LogP contribution in [-0.4, -0.2) is 60.0 Å². The lowest BCUT2D eigenvalue weighted by molar-refractivity contribution is -0.0163. The third-order valence-electron chi connectivity index (χ3n) is 4.03. The van der Waals surface area contributed by atoms with Crippen molar-refractivity contribution in [2.75, 3.05) is 44.7 Å². The molecule has 1 saturated heterocycles. The van der Waals surface area contributed by atoms with Gasteiger partial charge in [-0.1, -0.05) is 27.5 Å². The summed E-state index contributed by atoms with van der Waals surface area (Å²) < 4.78 is 6.27. The van der Waals surface area contributed by atoms with E-state index in [1.165, 1.54) is 0 Å². The van der Waals surface area contributed by atoms with Crippen molar-refractivity contribution in [3.05, 3.63) is 33.8 Å². The summed E-state index contributed by atoms with van der Waals surface area (Å²) in [7, 11) is 0. The Bertz CT molecular complexity index is 720. The molecule has 5 nitrogen and oxygen atoms in total. The zero-order valence-electron chi connectivity index (χ0n) is 13.6. The van der Waals surface area contributed by atoms with E-state index < -0.39 is 5.60 Å². The highest BCUT2D eigenvalue weighted by Crippen LogP contribution is 2.27. The molecule has 0 amide bonds. The molecule has 0 saturated carbocycles. The monoisotopic (exact) mass is 413 g/mol. The van der Waals surface area contributed by atoms with Crippen LogP contribution in [0.25, 0.3) is 10.9 Å². The van der Waals surface area contributed by atoms with Gasteiger partial charge in [0.25, 0.3) is 0 Å². The van der Waals surface area contributed by atoms with Gasteiger partial charge in [-0.25, -0.2) is 4.98 Å². The molecule has 2 aromatic rings. The van der Waals surface area contributed by atoms with E-state index in [9.17, 15) is 5.11 Å². The second-order valence-corrected chi connectivity index (χ2v) is 7.72. The van der Waals surface area contributed by atoms with Crippen LogP contribution in [0.3, 0.4) is 0 Å². The molecule has 1 aliphatic heterocycles. The van der Waals surface area contributed by atoms with Crippen LogP contribution in [0.5, 0.6) is 0 Å². The van der Waals surface area contributed by atoms with Crippen LogP contribution in [0.2, 0.25) is 5.02 Å². The Morgan fingerprint density at radius 2 is 2.12 bits per heavy atom. The zero-order chi connectivity index (χ0) is 17.2. The first-order valence-electron chi connectivity index (χ1n) is 7.95. The molecule has 2 heterocycles. The second-order valence-electron chi connectivity index (χ2n) is 6.39. The molecule has 3 rings (SSSR count). The van der Waals surface area contributed by atoms with Gasteiger partial charge in [-0.15, -0.1) is 0 Å². The smallest absolute Gasteiger partial charge is 0.126 e. The normalized spacial score (nSPS) is 18.5. The topological polar surface area (TPSA) is 57.6 Å². The van der Waals surface area contributed by atoms with Gasteiger partial charge < -0.3 is 15.2 Å². The highest BCUT2D eigenvalue weighted by Gasteiger charge is 2.25. The van der Waals surface area contributed by atoms with E-state index in [-0.39, 0.29) is 0 Å². The molecule has 7 heteroatoms. The van der Waals surface area contributed by atoms with Crippen molar-refractivity contribution in [2.24, 2.45) is 0 Å². The number of benzene rings is 1. The Labute approximate surface area is 155 Å². The first-order chi connectivity index (χ1) is 11.4. The number of rotatable bonds is 5. The molecular formula is C17H21BrClN3O2. The highest BCUT2D eigenvalue weighted by atomic mass is 79.9. The summed E-state index contributed by atoms with van der Waals surface area (Å²) in [6.07, 6.45) is 0. The van der Waals surface area contributed by atoms with Gasteiger partial charge in [0.15, 0.2) is 0 Å². The van der Waals surface area contributed by atoms with Crippen LogP contribution in [0.15, 0.2) is 28.7 Å². The number of hydrogen-bond acceptors (Lipinski definition) is 5. The van der Waals surface area contributed by atoms with Crippen LogP contribution < -0.4 is 5.32 Å². The number of aliphatic hydroxyl groups is 1. The van der Waals surface area contributed by atoms with Crippen molar-refractivity contribution in [3.8, 4) is 0 Å². The predicted octanol–water partition coefficient (Wildman–Crippen LogP) is 3.15. The van der Waals surface area contributed by atoms with E-state index in [4.69, 9.17) is 16.3 Å². The number of β-amino-alcohol motifs (C(OH)–C–C–N with tert-alkyl or cyclic N) is 1. The molecule has 2 N–H and O–H groups in total. The number of halogens is 2. The van der Waals surface area contributed by atoms with E-state index in [0.29, 0.717) is 23.9 Å². The van der Waals surface area contributed by atoms with E-state index >= 15 is 0 Å². The van der Waals surface area contributed by atoms with Gasteiger partial charge in [0, 0.05) is 36.0 Å². The molecule has 0 bridgehead atoms. The predicted molar refractivity (Wildman–Crippen MR) is 101 cm³/mol. The molecular weight excluding hydrogens is 394 g/mol. The van der Waals surface area contributed by atoms with Crippen LogP contribution in [0.4, 0.5) is 5.82 Å². The van der Waals surface area contributed by atoms with Gasteiger partial charge >= 0.3 is 0 Å². The number of morpholine rings is 1. The van der Waals surface area contributed by atoms with Crippen LogP contribution in [0.1, 0.15) is 6.92 Å². The van der Waals surface area contributed by atoms with E-state index in [1.807, 2.05) is 31.2 Å². The van der Waals surface area contributed by atoms with Crippen molar-refractivity contribution in [1.29, 1.82) is 0 Å². The number of nitrogens with one attached hydrogen (secondary N) is 1. The van der Waals surface area contributed by atoms with E-state index in [1.54, 1.807) is 0 Å². The third kappa shape index (κ3) is 4.58. The maximum atomic E-state index is 10.6. The van der Waals surface area contributed by atoms with Gasteiger partial charge in [-0.2, -0.15) is 0 Å². The minimum atomic E-state index is -0.850. The SMILES string of the molecule is C[C@@](O)(CNc1ccc2cc(Br)cc(Cl)c2n1)CN1CCOCC1. The van der Waals surface area contributed by atoms with E-state index in [2.05, 4.69) is 31.1 Å². The fourth-order valence-electron chi connectivity index (χ4n) is 2.83. The van der Waals surface area contributed by atoms with Gasteiger partial charge in [-0.05, 0) is 31.2 Å². The highest BCUT2D eigenvalue weighted by molar-refractivity contribution is 9.10. The molecule has 1 atom stereocenters. The Hall–Kier alpha value is -0.920. The standard InChI is InChI=1S/C17H21BrClN3O2/c1-17(23,11-22-4-6-24-7-5-22)10-20-15-3-2-12-8-13(18)9-14(19)16(12)21-15/h2-3,8-9,23H,4-7,10-11H2,1H3,(H,20,21)/t17-/m1/s1. The number of nitrogens with zero attached hydrogens (tertiary/aromatic N) is 2. The molecule has 0 radical (unpaired) electrons. The van der Waals surface area contributed by atoms with Crippen LogP contribution >= 0.6 is 27.5 Å². The fraction of sp³-hybridized carbons (Fsp3) is 0.471. The van der Waals surface area contributed by atoms with Gasteiger partial charge in [0.05, 0.1) is 29.4 Å². The van der Waals surface area contributed by atoms with Crippen molar-refractivity contribution >= 4 is 44.3 Å². The minimum Gasteiger partial charge on any atom is -0.387 e. The first-order valence-corrected chi connectivity index (χ1v) is 9.12. The maximum absolute atomic E-state index is 10.6. The lowest BCUT2D eigenvalue weighted by Gasteiger charge is -2.34. The number of hydrogen-bond donors (Lipinski definition) is 2. The number of aromatic nitrogens is 1. The molecule has 1 aliphatic rings. The average molecular weight is 415 g/mol. The van der Waals surface area contributed by atoms with Gasteiger partial charge in [0.1, 0.15) is 5.82 Å². The number of ether oxygens (including phenoxy) is 1. The molecule has 0 spiro atoms. The summed E-state index contributed by atoms with van der Waals surface area (Å²) in [6.45, 7) is 6.01. The molecule has 1 aromatic carbocycles. The summed E-state index contributed by atoms with van der Waals surface area (Å²) in [4.78, 5) is 6.77. The largest absolute Gasteiger partial charge is 0.387 e. The Kier molecular flexibility index (Phi) is 5.62. The van der Waals surface area contributed by atoms with Crippen molar-refractivity contribution in [3.63, 3.8) is 0 Å². The molecule has 130 valence electrons. The fourth-order valence-corrected chi connectivity index (χ4v) is 3.71. The number of anilines is 1. The molecule has 0 unspecified atom stereocenters. The van der Waals surface area contributed by atoms with Crippen LogP contribution in [-0.2, 0) is 4.74 Å². The second kappa shape index (κ2) is 7.54. The van der Waals surface area contributed by atoms with E-state index in [0.717, 1.165) is 41.7 Å². The lowest BCUT2D eigenvalue weighted by atomic mass is 10.1. The lowest BCUT2D eigenvalue weighted by Crippen LogP contribution is -2.49. The summed E-state index contributed by atoms with van der Waals surface area (Å²) in [5.74, 6) is 0.703. The van der Waals surface area contributed by atoms with Gasteiger partial charge in [-0.3, -0.25) is 4.90 Å². The Morgan fingerprint density at radius 1 is 1.38 bits per heavy atom. The van der Waals surface area contributed by atoms with Crippen molar-refractivity contribution < 1.29 is 9.84 Å². The Balaban J connectivity index is 1.66. The average Bonchev–Trinajstić information content (AvgIpc) is 2.54. The first kappa shape index (κ1) is 17.9. The van der Waals surface area contributed by atoms with Crippen LogP contribution in [0, 0.1) is 0 Å². The quantitative estimate of drug-likeness (QED) is 0.787. The third-order valence-corrected chi connectivity index (χ3v) is 4.77. The summed E-state index contributed by atoms with van der Waals surface area (Å²) >= 11 is 9.70.